The van der Waals surface area contributed by atoms with E-state index in [0.717, 1.165) is 27.0 Å². The average molecular weight is 367 g/mol. The van der Waals surface area contributed by atoms with Crippen LogP contribution in [0.15, 0.2) is 54.7 Å². The molecule has 2 aromatic carbocycles. The van der Waals surface area contributed by atoms with Gasteiger partial charge in [-0.1, -0.05) is 42.5 Å². The minimum Gasteiger partial charge on any atom is -0.496 e. The second-order valence-electron chi connectivity index (χ2n) is 6.00. The smallest absolute Gasteiger partial charge is 0.421 e. The minimum atomic E-state index is -0.634. The van der Waals surface area contributed by atoms with Crippen LogP contribution in [0.4, 0.5) is 10.7 Å². The number of carbonyl (C=O) groups is 1. The molecular formula is C20H21N3O4. The number of carbonyl (C=O) groups excluding carboxylic acids is 1. The summed E-state index contributed by atoms with van der Waals surface area (Å²) < 4.78 is 11.8. The number of methoxy groups -OCH3 is 1. The van der Waals surface area contributed by atoms with Crippen molar-refractivity contribution in [3.8, 4) is 11.6 Å². The largest absolute Gasteiger partial charge is 0.496 e. The molecule has 0 bridgehead atoms. The van der Waals surface area contributed by atoms with Gasteiger partial charge in [-0.05, 0) is 24.1 Å². The Morgan fingerprint density at radius 2 is 2.00 bits per heavy atom. The van der Waals surface area contributed by atoms with E-state index in [0.29, 0.717) is 6.54 Å². The topological polar surface area (TPSA) is 85.6 Å². The maximum absolute atomic E-state index is 12.4. The Hall–Kier alpha value is -3.48. The molecule has 0 aliphatic carbocycles. The second-order valence-corrected chi connectivity index (χ2v) is 6.00. The van der Waals surface area contributed by atoms with E-state index in [2.05, 4.69) is 10.3 Å². The molecule has 0 aliphatic heterocycles. The Labute approximate surface area is 157 Å². The molecule has 0 fully saturated rings. The number of nitrogens with one attached hydrogen (secondary N) is 1. The van der Waals surface area contributed by atoms with Gasteiger partial charge in [0, 0.05) is 12.1 Å². The van der Waals surface area contributed by atoms with Crippen molar-refractivity contribution in [1.82, 2.24) is 9.55 Å². The van der Waals surface area contributed by atoms with E-state index in [9.17, 15) is 9.90 Å². The number of ether oxygens (including phenoxy) is 2. The molecule has 0 amide bonds. The van der Waals surface area contributed by atoms with Crippen molar-refractivity contribution in [3.63, 3.8) is 0 Å². The second kappa shape index (κ2) is 8.27. The molecule has 7 nitrogen and oxygen atoms in total. The highest BCUT2D eigenvalue weighted by Crippen LogP contribution is 2.22. The third kappa shape index (κ3) is 4.58. The summed E-state index contributed by atoms with van der Waals surface area (Å²) in [6.07, 6.45) is 0.576. The lowest BCUT2D eigenvalue weighted by Gasteiger charge is -2.12. The lowest BCUT2D eigenvalue weighted by molar-refractivity contribution is 0.141. The molecule has 0 unspecified atom stereocenters. The zero-order chi connectivity index (χ0) is 19.2. The first-order valence-corrected chi connectivity index (χ1v) is 8.43. The Morgan fingerprint density at radius 1 is 1.22 bits per heavy atom. The number of anilines is 1. The van der Waals surface area contributed by atoms with Crippen LogP contribution in [0.25, 0.3) is 0 Å². The normalized spacial score (nSPS) is 10.4. The predicted molar refractivity (Wildman–Crippen MR) is 101 cm³/mol. The molecule has 1 aromatic heterocycles. The molecule has 3 rings (SSSR count). The van der Waals surface area contributed by atoms with E-state index in [4.69, 9.17) is 9.47 Å². The highest BCUT2D eigenvalue weighted by molar-refractivity contribution is 5.74. The summed E-state index contributed by atoms with van der Waals surface area (Å²) in [5.74, 6) is 0.648. The van der Waals surface area contributed by atoms with E-state index in [1.807, 2.05) is 55.5 Å². The van der Waals surface area contributed by atoms with Crippen molar-refractivity contribution >= 4 is 12.0 Å². The van der Waals surface area contributed by atoms with Crippen LogP contribution in [0, 0.1) is 6.92 Å². The zero-order valence-corrected chi connectivity index (χ0v) is 15.2. The Balaban J connectivity index is 1.69. The highest BCUT2D eigenvalue weighted by Gasteiger charge is 2.16. The molecule has 0 saturated carbocycles. The Morgan fingerprint density at radius 3 is 2.74 bits per heavy atom. The number of hydrogen-bond donors (Lipinski definition) is 2. The van der Waals surface area contributed by atoms with E-state index in [1.54, 1.807) is 7.11 Å². The molecule has 2 N–H and O–H groups in total. The Kier molecular flexibility index (Phi) is 5.61. The number of aromatic hydroxyl groups is 1. The highest BCUT2D eigenvalue weighted by atomic mass is 16.5. The van der Waals surface area contributed by atoms with Crippen molar-refractivity contribution in [1.29, 1.82) is 0 Å². The van der Waals surface area contributed by atoms with Gasteiger partial charge in [-0.3, -0.25) is 0 Å². The van der Waals surface area contributed by atoms with Gasteiger partial charge in [-0.25, -0.2) is 9.36 Å². The van der Waals surface area contributed by atoms with Crippen LogP contribution in [0.2, 0.25) is 0 Å². The number of rotatable bonds is 6. The molecule has 0 aliphatic rings. The van der Waals surface area contributed by atoms with E-state index < -0.39 is 6.09 Å². The summed E-state index contributed by atoms with van der Waals surface area (Å²) in [4.78, 5) is 16.3. The van der Waals surface area contributed by atoms with Gasteiger partial charge >= 0.3 is 6.09 Å². The first-order valence-electron chi connectivity index (χ1n) is 8.43. The number of nitrogens with zero attached hydrogens (tertiary/aromatic N) is 2. The summed E-state index contributed by atoms with van der Waals surface area (Å²) in [7, 11) is 1.60. The molecule has 0 radical (unpaired) electrons. The van der Waals surface area contributed by atoms with Gasteiger partial charge in [-0.2, -0.15) is 4.98 Å². The van der Waals surface area contributed by atoms with Crippen molar-refractivity contribution in [2.24, 2.45) is 0 Å². The summed E-state index contributed by atoms with van der Waals surface area (Å²) in [5.41, 5.74) is 2.85. The lowest BCUT2D eigenvalue weighted by Crippen LogP contribution is -2.16. The average Bonchev–Trinajstić information content (AvgIpc) is 3.06. The van der Waals surface area contributed by atoms with Crippen molar-refractivity contribution in [2.45, 2.75) is 20.1 Å². The van der Waals surface area contributed by atoms with Crippen LogP contribution in [-0.2, 0) is 17.9 Å². The fourth-order valence-electron chi connectivity index (χ4n) is 2.59. The van der Waals surface area contributed by atoms with Crippen LogP contribution < -0.4 is 10.1 Å². The summed E-state index contributed by atoms with van der Waals surface area (Å²) in [5, 5.41) is 12.7. The molecule has 140 valence electrons. The van der Waals surface area contributed by atoms with Crippen molar-refractivity contribution < 1.29 is 19.4 Å². The van der Waals surface area contributed by atoms with Crippen molar-refractivity contribution in [3.05, 3.63) is 71.4 Å². The summed E-state index contributed by atoms with van der Waals surface area (Å²) in [6.45, 7) is 2.48. The number of benzene rings is 2. The van der Waals surface area contributed by atoms with Crippen LogP contribution in [-0.4, -0.2) is 27.9 Å². The van der Waals surface area contributed by atoms with Gasteiger partial charge in [0.25, 0.3) is 0 Å². The van der Waals surface area contributed by atoms with Gasteiger partial charge < -0.3 is 19.9 Å². The molecule has 7 heteroatoms. The Bertz CT molecular complexity index is 922. The fraction of sp³-hybridized carbons (Fsp3) is 0.200. The third-order valence-corrected chi connectivity index (χ3v) is 3.97. The molecular weight excluding hydrogens is 346 g/mol. The maximum atomic E-state index is 12.4. The first-order chi connectivity index (χ1) is 13.1. The third-order valence-electron chi connectivity index (χ3n) is 3.97. The number of aryl methyl sites for hydroxylation is 1. The molecule has 3 aromatic rings. The number of hydrogen-bond acceptors (Lipinski definition) is 6. The molecule has 0 atom stereocenters. The minimum absolute atomic E-state index is 0.129. The molecule has 0 spiro atoms. The number of imidazole rings is 1. The van der Waals surface area contributed by atoms with E-state index in [1.165, 1.54) is 6.20 Å². The summed E-state index contributed by atoms with van der Waals surface area (Å²) in [6, 6.07) is 15.2. The lowest BCUT2D eigenvalue weighted by atomic mass is 10.1. The maximum Gasteiger partial charge on any atom is 0.421 e. The zero-order valence-electron chi connectivity index (χ0n) is 15.2. The first kappa shape index (κ1) is 18.3. The van der Waals surface area contributed by atoms with Gasteiger partial charge in [0.1, 0.15) is 12.4 Å². The predicted octanol–water partition coefficient (Wildman–Crippen LogP) is 3.70. The van der Waals surface area contributed by atoms with Crippen LogP contribution >= 0.6 is 0 Å². The molecule has 27 heavy (non-hydrogen) atoms. The summed E-state index contributed by atoms with van der Waals surface area (Å²) >= 11 is 0. The van der Waals surface area contributed by atoms with Crippen molar-refractivity contribution in [2.75, 3.05) is 12.4 Å². The fourth-order valence-corrected chi connectivity index (χ4v) is 2.59. The SMILES string of the molecule is COc1cc(C)ccc1CNc1nc(O)cn1C(=O)OCc1ccccc1. The van der Waals surface area contributed by atoms with E-state index in [-0.39, 0.29) is 18.4 Å². The number of aromatic nitrogens is 2. The van der Waals surface area contributed by atoms with Gasteiger partial charge in [0.05, 0.1) is 13.3 Å². The van der Waals surface area contributed by atoms with Crippen LogP contribution in [0.3, 0.4) is 0 Å². The standard InChI is InChI=1S/C20H21N3O4/c1-14-8-9-16(17(10-14)26-2)11-21-19-22-18(24)12-23(19)20(25)27-13-15-6-4-3-5-7-15/h3-10,12,24H,11,13H2,1-2H3,(H,21,22). The van der Waals surface area contributed by atoms with Gasteiger partial charge in [-0.15, -0.1) is 0 Å². The van der Waals surface area contributed by atoms with Crippen LogP contribution in [0.1, 0.15) is 16.7 Å². The molecule has 1 heterocycles. The molecule has 0 saturated heterocycles. The van der Waals surface area contributed by atoms with Gasteiger partial charge in [0.2, 0.25) is 11.8 Å². The quantitative estimate of drug-likeness (QED) is 0.691. The van der Waals surface area contributed by atoms with Crippen LogP contribution in [0.5, 0.6) is 11.6 Å². The van der Waals surface area contributed by atoms with Gasteiger partial charge in [0.15, 0.2) is 0 Å². The monoisotopic (exact) mass is 367 g/mol. The van der Waals surface area contributed by atoms with E-state index >= 15 is 0 Å².